The zero-order valence-corrected chi connectivity index (χ0v) is 12.7. The van der Waals surface area contributed by atoms with Crippen molar-refractivity contribution in [3.05, 3.63) is 11.8 Å². The molecule has 4 nitrogen and oxygen atoms in total. The van der Waals surface area contributed by atoms with Gasteiger partial charge >= 0.3 is 6.09 Å². The van der Waals surface area contributed by atoms with Crippen molar-refractivity contribution in [3.63, 3.8) is 0 Å². The highest BCUT2D eigenvalue weighted by Crippen LogP contribution is 2.14. The number of alkyl carbamates (subject to hydrolysis) is 1. The standard InChI is InChI=1S/C14H24N2O2S/c1-3-8-12(11-16-9-6-5-7-10-16)13(19)15-14(17)18-4-2/h11H,3-10H2,1-2H3,(H,15,17,19). The number of piperidine rings is 1. The number of carbonyl (C=O) groups excluding carboxylic acids is 1. The Morgan fingerprint density at radius 1 is 1.32 bits per heavy atom. The van der Waals surface area contributed by atoms with Gasteiger partial charge in [0.2, 0.25) is 0 Å². The molecule has 0 radical (unpaired) electrons. The predicted octanol–water partition coefficient (Wildman–Crippen LogP) is 3.23. The van der Waals surface area contributed by atoms with Gasteiger partial charge in [0.05, 0.1) is 6.61 Å². The van der Waals surface area contributed by atoms with Gasteiger partial charge in [-0.3, -0.25) is 5.32 Å². The lowest BCUT2D eigenvalue weighted by Gasteiger charge is -2.26. The van der Waals surface area contributed by atoms with Gasteiger partial charge in [-0.15, -0.1) is 0 Å². The highest BCUT2D eigenvalue weighted by Gasteiger charge is 2.12. The molecular formula is C14H24N2O2S. The lowest BCUT2D eigenvalue weighted by Crippen LogP contribution is -2.32. The smallest absolute Gasteiger partial charge is 0.412 e. The summed E-state index contributed by atoms with van der Waals surface area (Å²) in [6.07, 6.45) is 7.29. The van der Waals surface area contributed by atoms with Gasteiger partial charge in [0.1, 0.15) is 4.99 Å². The number of amides is 1. The summed E-state index contributed by atoms with van der Waals surface area (Å²) in [4.78, 5) is 14.2. The van der Waals surface area contributed by atoms with Crippen LogP contribution in [0.15, 0.2) is 11.8 Å². The summed E-state index contributed by atoms with van der Waals surface area (Å²) in [7, 11) is 0. The third kappa shape index (κ3) is 6.05. The van der Waals surface area contributed by atoms with Crippen molar-refractivity contribution in [2.45, 2.75) is 46.0 Å². The molecule has 0 atom stereocenters. The lowest BCUT2D eigenvalue weighted by molar-refractivity contribution is 0.158. The number of ether oxygens (including phenoxy) is 1. The molecule has 0 unspecified atom stereocenters. The molecule has 0 aromatic heterocycles. The van der Waals surface area contributed by atoms with Gasteiger partial charge in [-0.2, -0.15) is 0 Å². The summed E-state index contributed by atoms with van der Waals surface area (Å²) < 4.78 is 4.85. The first-order valence-corrected chi connectivity index (χ1v) is 7.51. The van der Waals surface area contributed by atoms with E-state index in [-0.39, 0.29) is 0 Å². The molecule has 0 bridgehead atoms. The van der Waals surface area contributed by atoms with Gasteiger partial charge in [0.15, 0.2) is 0 Å². The van der Waals surface area contributed by atoms with E-state index in [0.29, 0.717) is 11.6 Å². The van der Waals surface area contributed by atoms with Crippen molar-refractivity contribution in [2.75, 3.05) is 19.7 Å². The van der Waals surface area contributed by atoms with Crippen molar-refractivity contribution < 1.29 is 9.53 Å². The molecule has 1 fully saturated rings. The second kappa shape index (κ2) is 8.91. The SMILES string of the molecule is CCCC(=CN1CCCCC1)C(=S)NC(=O)OCC. The topological polar surface area (TPSA) is 41.6 Å². The summed E-state index contributed by atoms with van der Waals surface area (Å²) in [6, 6.07) is 0. The van der Waals surface area contributed by atoms with Gasteiger partial charge in [0, 0.05) is 24.9 Å². The highest BCUT2D eigenvalue weighted by atomic mass is 32.1. The minimum Gasteiger partial charge on any atom is -0.450 e. The minimum absolute atomic E-state index is 0.355. The summed E-state index contributed by atoms with van der Waals surface area (Å²) in [5.74, 6) is 0. The van der Waals surface area contributed by atoms with E-state index in [2.05, 4.69) is 23.3 Å². The van der Waals surface area contributed by atoms with Crippen LogP contribution in [0.25, 0.3) is 0 Å². The summed E-state index contributed by atoms with van der Waals surface area (Å²) in [6.45, 7) is 6.40. The molecule has 1 aliphatic heterocycles. The number of carbonyl (C=O) groups is 1. The Morgan fingerprint density at radius 3 is 2.58 bits per heavy atom. The average molecular weight is 284 g/mol. The fourth-order valence-electron chi connectivity index (χ4n) is 2.11. The largest absolute Gasteiger partial charge is 0.450 e. The summed E-state index contributed by atoms with van der Waals surface area (Å²) in [5.41, 5.74) is 1.02. The van der Waals surface area contributed by atoms with Crippen molar-refractivity contribution in [1.29, 1.82) is 0 Å². The molecule has 0 saturated carbocycles. The third-order valence-corrected chi connectivity index (χ3v) is 3.40. The monoisotopic (exact) mass is 284 g/mol. The molecular weight excluding hydrogens is 260 g/mol. The molecule has 5 heteroatoms. The van der Waals surface area contributed by atoms with Crippen LogP contribution in [0.2, 0.25) is 0 Å². The molecule has 1 heterocycles. The second-order valence-electron chi connectivity index (χ2n) is 4.68. The van der Waals surface area contributed by atoms with Crippen molar-refractivity contribution >= 4 is 23.3 Å². The molecule has 0 spiro atoms. The molecule has 1 rings (SSSR count). The maximum absolute atomic E-state index is 11.4. The van der Waals surface area contributed by atoms with Gasteiger partial charge in [-0.1, -0.05) is 25.6 Å². The molecule has 1 saturated heterocycles. The molecule has 0 aromatic carbocycles. The average Bonchev–Trinajstić information content (AvgIpc) is 2.39. The first-order valence-electron chi connectivity index (χ1n) is 7.10. The number of nitrogens with one attached hydrogen (secondary N) is 1. The first kappa shape index (κ1) is 16.0. The molecule has 19 heavy (non-hydrogen) atoms. The Bertz CT molecular complexity index is 336. The van der Waals surface area contributed by atoms with Crippen LogP contribution in [0.4, 0.5) is 4.79 Å². The van der Waals surface area contributed by atoms with Crippen LogP contribution in [-0.2, 0) is 4.74 Å². The van der Waals surface area contributed by atoms with Crippen LogP contribution in [0.3, 0.4) is 0 Å². The number of rotatable bonds is 5. The molecule has 0 aromatic rings. The second-order valence-corrected chi connectivity index (χ2v) is 5.08. The maximum atomic E-state index is 11.4. The normalized spacial score (nSPS) is 16.1. The third-order valence-electron chi connectivity index (χ3n) is 3.03. The summed E-state index contributed by atoms with van der Waals surface area (Å²) >= 11 is 5.29. The Kier molecular flexibility index (Phi) is 7.48. The minimum atomic E-state index is -0.465. The molecule has 1 amide bonds. The zero-order chi connectivity index (χ0) is 14.1. The van der Waals surface area contributed by atoms with Crippen LogP contribution in [0.1, 0.15) is 46.0 Å². The van der Waals surface area contributed by atoms with E-state index in [9.17, 15) is 4.79 Å². The molecule has 0 aliphatic carbocycles. The molecule has 1 aliphatic rings. The number of nitrogens with zero attached hydrogens (tertiary/aromatic N) is 1. The number of thiocarbonyl (C=S) groups is 1. The van der Waals surface area contributed by atoms with Crippen molar-refractivity contribution in [3.8, 4) is 0 Å². The van der Waals surface area contributed by atoms with Gasteiger partial charge in [0.25, 0.3) is 0 Å². The van der Waals surface area contributed by atoms with Gasteiger partial charge < -0.3 is 9.64 Å². The van der Waals surface area contributed by atoms with E-state index in [4.69, 9.17) is 17.0 Å². The lowest BCUT2D eigenvalue weighted by atomic mass is 10.1. The Balaban J connectivity index is 2.61. The van der Waals surface area contributed by atoms with Crippen LogP contribution in [0.5, 0.6) is 0 Å². The zero-order valence-electron chi connectivity index (χ0n) is 11.9. The Morgan fingerprint density at radius 2 is 2.00 bits per heavy atom. The van der Waals surface area contributed by atoms with Crippen LogP contribution < -0.4 is 5.32 Å². The predicted molar refractivity (Wildman–Crippen MR) is 81.2 cm³/mol. The van der Waals surface area contributed by atoms with Gasteiger partial charge in [-0.05, 0) is 32.6 Å². The van der Waals surface area contributed by atoms with Crippen LogP contribution in [0, 0.1) is 0 Å². The van der Waals surface area contributed by atoms with Crippen molar-refractivity contribution in [1.82, 2.24) is 10.2 Å². The molecule has 1 N–H and O–H groups in total. The van der Waals surface area contributed by atoms with E-state index >= 15 is 0 Å². The summed E-state index contributed by atoms with van der Waals surface area (Å²) in [5, 5.41) is 2.63. The Labute approximate surface area is 121 Å². The highest BCUT2D eigenvalue weighted by molar-refractivity contribution is 7.80. The van der Waals surface area contributed by atoms with Gasteiger partial charge in [-0.25, -0.2) is 4.79 Å². The molecule has 108 valence electrons. The first-order chi connectivity index (χ1) is 9.17. The fraction of sp³-hybridized carbons (Fsp3) is 0.714. The van der Waals surface area contributed by atoms with E-state index in [0.717, 1.165) is 31.5 Å². The fourth-order valence-corrected chi connectivity index (χ4v) is 2.35. The number of likely N-dealkylation sites (tertiary alicyclic amines) is 1. The van der Waals surface area contributed by atoms with E-state index in [1.807, 2.05) is 0 Å². The van der Waals surface area contributed by atoms with Crippen molar-refractivity contribution in [2.24, 2.45) is 0 Å². The Hall–Kier alpha value is -1.10. The van der Waals surface area contributed by atoms with E-state index in [1.165, 1.54) is 19.3 Å². The van der Waals surface area contributed by atoms with Crippen LogP contribution >= 0.6 is 12.2 Å². The quantitative estimate of drug-likeness (QED) is 0.621. The number of hydrogen-bond donors (Lipinski definition) is 1. The number of hydrogen-bond acceptors (Lipinski definition) is 4. The van der Waals surface area contributed by atoms with Crippen LogP contribution in [-0.4, -0.2) is 35.7 Å². The van der Waals surface area contributed by atoms with E-state index in [1.54, 1.807) is 6.92 Å². The maximum Gasteiger partial charge on any atom is 0.412 e. The van der Waals surface area contributed by atoms with E-state index < -0.39 is 6.09 Å².